The van der Waals surface area contributed by atoms with Crippen molar-refractivity contribution in [3.63, 3.8) is 0 Å². The van der Waals surface area contributed by atoms with Gasteiger partial charge in [-0.2, -0.15) is 18.4 Å². The van der Waals surface area contributed by atoms with Crippen molar-refractivity contribution in [2.75, 3.05) is 0 Å². The van der Waals surface area contributed by atoms with Gasteiger partial charge in [-0.15, -0.1) is 5.10 Å². The van der Waals surface area contributed by atoms with E-state index in [1.165, 1.54) is 18.2 Å². The minimum Gasteiger partial charge on any atom is -0.489 e. The summed E-state index contributed by atoms with van der Waals surface area (Å²) in [7, 11) is 0. The van der Waals surface area contributed by atoms with E-state index in [0.717, 1.165) is 12.1 Å². The number of nitrogens with zero attached hydrogens (tertiary/aromatic N) is 3. The highest BCUT2D eigenvalue weighted by Crippen LogP contribution is 2.32. The minimum atomic E-state index is -4.67. The number of ether oxygens (including phenoxy) is 1. The fourth-order valence-corrected chi connectivity index (χ4v) is 2.58. The van der Waals surface area contributed by atoms with Gasteiger partial charge in [0.05, 0.1) is 5.56 Å². The van der Waals surface area contributed by atoms with E-state index in [1.807, 2.05) is 6.07 Å². The van der Waals surface area contributed by atoms with Gasteiger partial charge in [-0.05, 0) is 42.0 Å². The lowest BCUT2D eigenvalue weighted by Gasteiger charge is -2.11. The number of halogens is 5. The Morgan fingerprint density at radius 1 is 1.15 bits per heavy atom. The molecule has 0 unspecified atom stereocenters. The van der Waals surface area contributed by atoms with Gasteiger partial charge in [0.1, 0.15) is 29.9 Å². The topological polar surface area (TPSA) is 74.6 Å². The Bertz CT molecular complexity index is 1030. The summed E-state index contributed by atoms with van der Waals surface area (Å²) >= 11 is 6.02. The number of H-pyrrole nitrogens is 1. The molecule has 138 valence electrons. The van der Waals surface area contributed by atoms with Crippen LogP contribution in [0.2, 0.25) is 5.02 Å². The number of nitrogens with one attached hydrogen (secondary N) is 1. The van der Waals surface area contributed by atoms with Crippen LogP contribution in [-0.2, 0) is 12.8 Å². The summed E-state index contributed by atoms with van der Waals surface area (Å²) in [5.41, 5.74) is -0.312. The first kappa shape index (κ1) is 18.7. The monoisotopic (exact) mass is 396 g/mol. The van der Waals surface area contributed by atoms with Crippen LogP contribution in [0.1, 0.15) is 16.8 Å². The highest BCUT2D eigenvalue weighted by atomic mass is 35.5. The van der Waals surface area contributed by atoms with Crippen molar-refractivity contribution in [1.82, 2.24) is 15.4 Å². The smallest absolute Gasteiger partial charge is 0.416 e. The summed E-state index contributed by atoms with van der Waals surface area (Å²) in [6.07, 6.45) is -4.67. The van der Waals surface area contributed by atoms with Crippen LogP contribution in [0, 0.1) is 17.1 Å². The molecule has 1 aromatic heterocycles. The molecule has 0 aliphatic rings. The van der Waals surface area contributed by atoms with Gasteiger partial charge in [0, 0.05) is 10.6 Å². The van der Waals surface area contributed by atoms with Gasteiger partial charge in [0.2, 0.25) is 0 Å². The molecular formula is C17H9ClF4N4O. The first-order valence-corrected chi connectivity index (χ1v) is 7.75. The molecule has 3 aromatic rings. The Labute approximate surface area is 155 Å². The van der Waals surface area contributed by atoms with Crippen molar-refractivity contribution < 1.29 is 22.3 Å². The van der Waals surface area contributed by atoms with E-state index in [2.05, 4.69) is 15.4 Å². The Hall–Kier alpha value is -3.12. The second-order valence-electron chi connectivity index (χ2n) is 5.46. The van der Waals surface area contributed by atoms with Crippen molar-refractivity contribution in [2.24, 2.45) is 0 Å². The van der Waals surface area contributed by atoms with Crippen molar-refractivity contribution >= 4 is 11.6 Å². The number of aromatic amines is 1. The number of alkyl halides is 3. The number of hydrogen-bond donors (Lipinski definition) is 1. The van der Waals surface area contributed by atoms with Crippen molar-refractivity contribution in [2.45, 2.75) is 12.8 Å². The lowest BCUT2D eigenvalue weighted by molar-refractivity contribution is -0.137. The van der Waals surface area contributed by atoms with Crippen LogP contribution in [0.15, 0.2) is 36.4 Å². The van der Waals surface area contributed by atoms with Crippen LogP contribution in [0.25, 0.3) is 11.3 Å². The molecule has 1 heterocycles. The Morgan fingerprint density at radius 2 is 1.93 bits per heavy atom. The maximum Gasteiger partial charge on any atom is 0.416 e. The van der Waals surface area contributed by atoms with E-state index in [4.69, 9.17) is 21.6 Å². The third-order valence-corrected chi connectivity index (χ3v) is 3.71. The Kier molecular flexibility index (Phi) is 5.01. The summed E-state index contributed by atoms with van der Waals surface area (Å²) in [6, 6.07) is 8.50. The summed E-state index contributed by atoms with van der Waals surface area (Å²) in [5.74, 6) is -0.807. The van der Waals surface area contributed by atoms with Gasteiger partial charge in [-0.25, -0.2) is 9.49 Å². The van der Waals surface area contributed by atoms with Crippen molar-refractivity contribution in [1.29, 1.82) is 5.26 Å². The zero-order valence-electron chi connectivity index (χ0n) is 13.3. The SMILES string of the molecule is N#Cc1[nH]nnc1-c1cc(Cl)cc(OCc2cc(F)cc(C(F)(F)F)c2)c1. The quantitative estimate of drug-likeness (QED) is 0.647. The van der Waals surface area contributed by atoms with Gasteiger partial charge < -0.3 is 4.74 Å². The van der Waals surface area contributed by atoms with Crippen LogP contribution < -0.4 is 4.74 Å². The maximum absolute atomic E-state index is 13.5. The first-order valence-electron chi connectivity index (χ1n) is 7.38. The van der Waals surface area contributed by atoms with Crippen LogP contribution >= 0.6 is 11.6 Å². The molecule has 1 N–H and O–H groups in total. The molecule has 0 bridgehead atoms. The van der Waals surface area contributed by atoms with Crippen LogP contribution in [0.4, 0.5) is 17.6 Å². The average molecular weight is 397 g/mol. The maximum atomic E-state index is 13.5. The standard InChI is InChI=1S/C17H9ClF4N4O/c18-12-3-10(16-15(7-23)24-26-25-16)4-14(6-12)27-8-9-1-11(17(20,21)22)5-13(19)2-9/h1-6H,8H2,(H,24,25,26). The van der Waals surface area contributed by atoms with Gasteiger partial charge in [-0.1, -0.05) is 16.8 Å². The Morgan fingerprint density at radius 3 is 2.63 bits per heavy atom. The van der Waals surface area contributed by atoms with E-state index in [1.54, 1.807) is 0 Å². The van der Waals surface area contributed by atoms with Crippen molar-refractivity contribution in [3.8, 4) is 23.1 Å². The first-order chi connectivity index (χ1) is 12.8. The summed E-state index contributed by atoms with van der Waals surface area (Å²) in [4.78, 5) is 0. The van der Waals surface area contributed by atoms with E-state index in [9.17, 15) is 17.6 Å². The lowest BCUT2D eigenvalue weighted by Crippen LogP contribution is -2.07. The molecule has 10 heteroatoms. The minimum absolute atomic E-state index is 0.00278. The van der Waals surface area contributed by atoms with Gasteiger partial charge in [0.15, 0.2) is 5.69 Å². The molecular weight excluding hydrogens is 388 g/mol. The van der Waals surface area contributed by atoms with E-state index in [-0.39, 0.29) is 34.3 Å². The third-order valence-electron chi connectivity index (χ3n) is 3.50. The molecule has 0 aliphatic heterocycles. The zero-order chi connectivity index (χ0) is 19.6. The van der Waals surface area contributed by atoms with Crippen molar-refractivity contribution in [3.05, 3.63) is 64.1 Å². The van der Waals surface area contributed by atoms with Crippen LogP contribution in [-0.4, -0.2) is 15.4 Å². The molecule has 0 aliphatic carbocycles. The molecule has 0 amide bonds. The van der Waals surface area contributed by atoms with Crippen LogP contribution in [0.3, 0.4) is 0 Å². The highest BCUT2D eigenvalue weighted by Gasteiger charge is 2.31. The predicted octanol–water partition coefficient (Wildman–Crippen LogP) is 4.73. The number of benzene rings is 2. The molecule has 5 nitrogen and oxygen atoms in total. The molecule has 0 atom stereocenters. The largest absolute Gasteiger partial charge is 0.489 e. The third kappa shape index (κ3) is 4.35. The van der Waals surface area contributed by atoms with Gasteiger partial charge in [0.25, 0.3) is 0 Å². The molecule has 0 fully saturated rings. The Balaban J connectivity index is 1.85. The molecule has 3 rings (SSSR count). The zero-order valence-corrected chi connectivity index (χ0v) is 14.1. The summed E-state index contributed by atoms with van der Waals surface area (Å²) < 4.78 is 57.2. The normalized spacial score (nSPS) is 11.3. The summed E-state index contributed by atoms with van der Waals surface area (Å²) in [6.45, 7) is -0.315. The summed E-state index contributed by atoms with van der Waals surface area (Å²) in [5, 5.41) is 19.0. The fraction of sp³-hybridized carbons (Fsp3) is 0.118. The second-order valence-corrected chi connectivity index (χ2v) is 5.89. The highest BCUT2D eigenvalue weighted by molar-refractivity contribution is 6.31. The number of hydrogen-bond acceptors (Lipinski definition) is 4. The second kappa shape index (κ2) is 7.25. The van der Waals surface area contributed by atoms with Crippen LogP contribution in [0.5, 0.6) is 5.75 Å². The fourth-order valence-electron chi connectivity index (χ4n) is 2.35. The van der Waals surface area contributed by atoms with E-state index in [0.29, 0.717) is 11.6 Å². The van der Waals surface area contributed by atoms with E-state index >= 15 is 0 Å². The lowest BCUT2D eigenvalue weighted by atomic mass is 10.1. The number of nitriles is 1. The molecule has 0 radical (unpaired) electrons. The molecule has 2 aromatic carbocycles. The van der Waals surface area contributed by atoms with Gasteiger partial charge >= 0.3 is 6.18 Å². The average Bonchev–Trinajstić information content (AvgIpc) is 3.07. The molecule has 0 spiro atoms. The molecule has 0 saturated heterocycles. The van der Waals surface area contributed by atoms with Gasteiger partial charge in [-0.3, -0.25) is 0 Å². The number of aromatic nitrogens is 3. The molecule has 0 saturated carbocycles. The van der Waals surface area contributed by atoms with E-state index < -0.39 is 17.6 Å². The molecule has 27 heavy (non-hydrogen) atoms. The predicted molar refractivity (Wildman–Crippen MR) is 87.3 cm³/mol. The number of rotatable bonds is 4.